The first-order chi connectivity index (χ1) is 31.3. The number of carbonyl (C=O) groups is 1. The molecular weight excluding hydrogens is 885 g/mol. The molecule has 10 aliphatic heterocycles. The van der Waals surface area contributed by atoms with Crippen LogP contribution in [0.1, 0.15) is 139 Å². The van der Waals surface area contributed by atoms with Crippen molar-refractivity contribution < 1.29 is 56.3 Å². The van der Waals surface area contributed by atoms with Crippen molar-refractivity contribution >= 4 is 22.4 Å². The molecule has 10 aliphatic rings. The number of fused-ring (bicyclic) bond motifs is 6. The normalized spacial score (nSPS) is 45.5. The Kier molecular flexibility index (Phi) is 14.2. The van der Waals surface area contributed by atoms with Crippen molar-refractivity contribution in [1.29, 1.82) is 0 Å². The number of hydrogen-bond donors (Lipinski definition) is 0. The quantitative estimate of drug-likeness (QED) is 0.170. The minimum Gasteiger partial charge on any atom is -0.414 e. The van der Waals surface area contributed by atoms with Crippen molar-refractivity contribution in [2.75, 3.05) is 13.7 Å². The SMILES string of the molecule is C=C1CC2CC[C@@]34CC5OC6[C@@H](OC7CCC(CC(=O)CC8C(CC9OC(CCC1O2)CC(C)C9=C)O[C@H](CC(CO[Si](C)(C)C(C)(C)C)O[Si](C)(C)C(C)(C)C)[C@@H]8OC)O[C@@H]7[C@@]6(C)O3)C5O4. The number of methoxy groups -OCH3 is 1. The largest absolute Gasteiger partial charge is 0.414 e. The van der Waals surface area contributed by atoms with Crippen molar-refractivity contribution in [3.05, 3.63) is 24.3 Å². The van der Waals surface area contributed by atoms with Crippen LogP contribution in [-0.4, -0.2) is 139 Å². The van der Waals surface area contributed by atoms with Gasteiger partial charge in [0.2, 0.25) is 0 Å². The van der Waals surface area contributed by atoms with Crippen molar-refractivity contribution in [2.45, 2.75) is 278 Å². The van der Waals surface area contributed by atoms with Gasteiger partial charge in [-0.25, -0.2) is 0 Å². The molecule has 14 heteroatoms. The van der Waals surface area contributed by atoms with Gasteiger partial charge in [-0.15, -0.1) is 0 Å². The molecule has 10 heterocycles. The minimum atomic E-state index is -2.23. The zero-order chi connectivity index (χ0) is 48.2. The third-order valence-corrected chi connectivity index (χ3v) is 27.9. The zero-order valence-corrected chi connectivity index (χ0v) is 45.5. The summed E-state index contributed by atoms with van der Waals surface area (Å²) in [7, 11) is -2.56. The van der Waals surface area contributed by atoms with Gasteiger partial charge in [0, 0.05) is 51.6 Å². The second-order valence-corrected chi connectivity index (χ2v) is 35.3. The highest BCUT2D eigenvalue weighted by Gasteiger charge is 2.73. The Hall–Kier alpha value is -0.856. The predicted octanol–water partition coefficient (Wildman–Crippen LogP) is 9.92. The van der Waals surface area contributed by atoms with E-state index in [0.29, 0.717) is 45.1 Å². The van der Waals surface area contributed by atoms with E-state index in [-0.39, 0.29) is 113 Å². The van der Waals surface area contributed by atoms with Crippen LogP contribution in [-0.2, 0) is 56.3 Å². The minimum absolute atomic E-state index is 0.00628. The van der Waals surface area contributed by atoms with Crippen LogP contribution in [0, 0.1) is 11.8 Å². The monoisotopic (exact) mass is 973 g/mol. The third-order valence-electron chi connectivity index (χ3n) is 18.9. The highest BCUT2D eigenvalue weighted by molar-refractivity contribution is 6.74. The van der Waals surface area contributed by atoms with Crippen LogP contribution >= 0.6 is 0 Å². The highest BCUT2D eigenvalue weighted by Crippen LogP contribution is 2.58. The Morgan fingerprint density at radius 2 is 1.45 bits per heavy atom. The molecule has 0 radical (unpaired) electrons. The third kappa shape index (κ3) is 9.88. The first-order valence-electron chi connectivity index (χ1n) is 26.3. The van der Waals surface area contributed by atoms with Gasteiger partial charge >= 0.3 is 0 Å². The number of ether oxygens (including phenoxy) is 9. The summed E-state index contributed by atoms with van der Waals surface area (Å²) in [6.45, 7) is 37.0. The second kappa shape index (κ2) is 18.6. The molecule has 10 saturated heterocycles. The molecule has 0 N–H and O–H groups in total. The Morgan fingerprint density at radius 3 is 2.16 bits per heavy atom. The zero-order valence-electron chi connectivity index (χ0n) is 43.5. The fraction of sp³-hybridized carbons (Fsp3) is 0.906. The average molecular weight is 973 g/mol. The van der Waals surface area contributed by atoms with Gasteiger partial charge < -0.3 is 51.5 Å². The van der Waals surface area contributed by atoms with Crippen LogP contribution in [0.4, 0.5) is 0 Å². The molecule has 10 fully saturated rings. The molecule has 19 atom stereocenters. The fourth-order valence-corrected chi connectivity index (χ4v) is 15.3. The van der Waals surface area contributed by atoms with Crippen LogP contribution < -0.4 is 0 Å². The molecule has 13 unspecified atom stereocenters. The lowest BCUT2D eigenvalue weighted by Gasteiger charge is -2.53. The second-order valence-electron chi connectivity index (χ2n) is 25.7. The van der Waals surface area contributed by atoms with E-state index in [9.17, 15) is 4.79 Å². The van der Waals surface area contributed by atoms with E-state index < -0.39 is 34.1 Å². The molecule has 0 aromatic heterocycles. The number of carbonyl (C=O) groups excluding carboxylic acids is 1. The van der Waals surface area contributed by atoms with Gasteiger partial charge in [-0.3, -0.25) is 4.79 Å². The van der Waals surface area contributed by atoms with E-state index in [1.54, 1.807) is 7.11 Å². The topological polar surface area (TPSA) is 119 Å². The van der Waals surface area contributed by atoms with Gasteiger partial charge in [0.1, 0.15) is 35.8 Å². The van der Waals surface area contributed by atoms with Gasteiger partial charge in [0.25, 0.3) is 0 Å². The van der Waals surface area contributed by atoms with Crippen molar-refractivity contribution in [2.24, 2.45) is 11.8 Å². The van der Waals surface area contributed by atoms with Crippen molar-refractivity contribution in [3.8, 4) is 0 Å². The Morgan fingerprint density at radius 1 is 0.746 bits per heavy atom. The fourth-order valence-electron chi connectivity index (χ4n) is 12.9. The summed E-state index contributed by atoms with van der Waals surface area (Å²) in [5.41, 5.74) is 1.44. The molecule has 380 valence electrons. The first kappa shape index (κ1) is 51.1. The molecular formula is C53H88O12Si2. The van der Waals surface area contributed by atoms with Crippen LogP contribution in [0.15, 0.2) is 24.3 Å². The van der Waals surface area contributed by atoms with Crippen LogP contribution in [0.2, 0.25) is 36.3 Å². The first-order valence-corrected chi connectivity index (χ1v) is 32.1. The number of rotatable bonds is 8. The smallest absolute Gasteiger partial charge is 0.192 e. The lowest BCUT2D eigenvalue weighted by molar-refractivity contribution is -0.333. The van der Waals surface area contributed by atoms with Gasteiger partial charge in [0.05, 0.1) is 73.8 Å². The molecule has 67 heavy (non-hydrogen) atoms. The van der Waals surface area contributed by atoms with E-state index in [2.05, 4.69) is 94.7 Å². The molecule has 0 aromatic carbocycles. The van der Waals surface area contributed by atoms with Crippen LogP contribution in [0.5, 0.6) is 0 Å². The summed E-state index contributed by atoms with van der Waals surface area (Å²) in [6.07, 6.45) is 5.91. The molecule has 0 aliphatic carbocycles. The summed E-state index contributed by atoms with van der Waals surface area (Å²) >= 11 is 0. The van der Waals surface area contributed by atoms with Crippen LogP contribution in [0.25, 0.3) is 0 Å². The van der Waals surface area contributed by atoms with E-state index in [1.807, 2.05) is 0 Å². The lowest BCUT2D eigenvalue weighted by atomic mass is 9.78. The van der Waals surface area contributed by atoms with E-state index >= 15 is 0 Å². The van der Waals surface area contributed by atoms with Gasteiger partial charge in [0.15, 0.2) is 22.4 Å². The van der Waals surface area contributed by atoms with Crippen molar-refractivity contribution in [3.63, 3.8) is 0 Å². The summed E-state index contributed by atoms with van der Waals surface area (Å²) < 4.78 is 76.6. The Labute approximate surface area is 405 Å². The standard InChI is InChI=1S/C53H88O12Si2/c1-30-22-34-16-18-39-31(2)23-36(57-39)20-21-53-28-44-46(63-53)47-49(62-44)52(10,65-53)48-40(61-47)19-17-35(59-48)24-33(54)25-38-42(27-41(58-34)32(30)3)60-43(45(38)55-11)26-37(64-67(14,15)51(7,8)9)29-56-66(12,13)50(4,5)6/h30,34-49H,2-3,16-29H2,1,4-15H3/t30?,34?,35?,36?,37?,38?,39?,40?,41?,42?,43-,44?,45-,46?,47+,48+,49?,52-,53+/m1/s1. The van der Waals surface area contributed by atoms with Crippen molar-refractivity contribution in [1.82, 2.24) is 0 Å². The maximum absolute atomic E-state index is 14.7. The molecule has 1 spiro atoms. The van der Waals surface area contributed by atoms with E-state index in [4.69, 9.17) is 51.5 Å². The number of ketones is 1. The molecule has 12 bridgehead atoms. The summed E-state index contributed by atoms with van der Waals surface area (Å²) in [5, 5.41) is 0.0586. The summed E-state index contributed by atoms with van der Waals surface area (Å²) in [4.78, 5) is 14.7. The highest BCUT2D eigenvalue weighted by atomic mass is 28.4. The Balaban J connectivity index is 1.00. The van der Waals surface area contributed by atoms with Gasteiger partial charge in [-0.2, -0.15) is 0 Å². The number of Topliss-reactive ketones (excluding diaryl/α,β-unsaturated/α-hetero) is 1. The molecule has 0 amide bonds. The molecule has 10 rings (SSSR count). The van der Waals surface area contributed by atoms with Gasteiger partial charge in [-0.1, -0.05) is 61.6 Å². The summed E-state index contributed by atoms with van der Waals surface area (Å²) in [5.74, 6) is -0.606. The lowest BCUT2D eigenvalue weighted by Crippen LogP contribution is -2.68. The van der Waals surface area contributed by atoms with E-state index in [1.165, 1.54) is 0 Å². The predicted molar refractivity (Wildman–Crippen MR) is 261 cm³/mol. The average Bonchev–Trinajstić information content (AvgIpc) is 3.92. The molecule has 0 saturated carbocycles. The Bertz CT molecular complexity index is 1840. The number of hydrogen-bond acceptors (Lipinski definition) is 12. The maximum atomic E-state index is 14.7. The van der Waals surface area contributed by atoms with E-state index in [0.717, 1.165) is 56.1 Å². The van der Waals surface area contributed by atoms with Gasteiger partial charge in [-0.05, 0) is 105 Å². The molecule has 12 nitrogen and oxygen atoms in total. The maximum Gasteiger partial charge on any atom is 0.192 e. The summed E-state index contributed by atoms with van der Waals surface area (Å²) in [6, 6.07) is 0. The molecule has 0 aromatic rings. The van der Waals surface area contributed by atoms with Crippen LogP contribution in [0.3, 0.4) is 0 Å².